The first kappa shape index (κ1) is 17.2. The number of carbonyl (C=O) groups is 1. The van der Waals surface area contributed by atoms with Gasteiger partial charge in [-0.05, 0) is 36.4 Å². The Morgan fingerprint density at radius 3 is 2.54 bits per heavy atom. The van der Waals surface area contributed by atoms with Gasteiger partial charge in [-0.25, -0.2) is 14.5 Å². The predicted octanol–water partition coefficient (Wildman–Crippen LogP) is 2.52. The molecule has 0 unspecified atom stereocenters. The van der Waals surface area contributed by atoms with Crippen molar-refractivity contribution in [2.24, 2.45) is 0 Å². The van der Waals surface area contributed by atoms with Crippen LogP contribution in [-0.2, 0) is 0 Å². The number of anilines is 2. The van der Waals surface area contributed by atoms with E-state index in [1.807, 2.05) is 0 Å². The average Bonchev–Trinajstić information content (AvgIpc) is 3.16. The fourth-order valence-electron chi connectivity index (χ4n) is 2.88. The van der Waals surface area contributed by atoms with Gasteiger partial charge >= 0.3 is 0 Å². The van der Waals surface area contributed by atoms with E-state index < -0.39 is 0 Å². The Kier molecular flexibility index (Phi) is 4.18. The number of rotatable bonds is 3. The van der Waals surface area contributed by atoms with E-state index in [9.17, 15) is 4.79 Å². The summed E-state index contributed by atoms with van der Waals surface area (Å²) >= 11 is 0. The molecule has 28 heavy (non-hydrogen) atoms. The minimum atomic E-state index is -0.173. The number of hydrogen-bond donors (Lipinski definition) is 1. The van der Waals surface area contributed by atoms with E-state index in [0.717, 1.165) is 16.6 Å². The molecule has 4 aromatic rings. The number of benzene rings is 1. The topological polar surface area (TPSA) is 113 Å². The van der Waals surface area contributed by atoms with E-state index in [1.165, 1.54) is 4.90 Å². The van der Waals surface area contributed by atoms with Crippen LogP contribution < -0.4 is 10.6 Å². The quantitative estimate of drug-likeness (QED) is 0.594. The number of nitriles is 1. The number of nitrogens with zero attached hydrogens (tertiary/aromatic N) is 6. The van der Waals surface area contributed by atoms with Crippen LogP contribution in [0.25, 0.3) is 16.6 Å². The third-order valence-electron chi connectivity index (χ3n) is 4.44. The first-order chi connectivity index (χ1) is 13.6. The van der Waals surface area contributed by atoms with Crippen molar-refractivity contribution >= 4 is 23.1 Å². The minimum absolute atomic E-state index is 0.173. The van der Waals surface area contributed by atoms with Gasteiger partial charge in [0.1, 0.15) is 0 Å². The van der Waals surface area contributed by atoms with E-state index in [2.05, 4.69) is 21.1 Å². The molecule has 0 bridgehead atoms. The molecule has 1 amide bonds. The van der Waals surface area contributed by atoms with Crippen molar-refractivity contribution in [3.63, 3.8) is 0 Å². The summed E-state index contributed by atoms with van der Waals surface area (Å²) < 4.78 is 1.68. The normalized spacial score (nSPS) is 10.6. The van der Waals surface area contributed by atoms with Gasteiger partial charge in [0.2, 0.25) is 5.95 Å². The van der Waals surface area contributed by atoms with Crippen LogP contribution in [0.5, 0.6) is 0 Å². The predicted molar refractivity (Wildman–Crippen MR) is 105 cm³/mol. The summed E-state index contributed by atoms with van der Waals surface area (Å²) in [5, 5.41) is 13.2. The maximum atomic E-state index is 12.9. The Morgan fingerprint density at radius 2 is 1.86 bits per heavy atom. The summed E-state index contributed by atoms with van der Waals surface area (Å²) in [6, 6.07) is 12.4. The van der Waals surface area contributed by atoms with Crippen molar-refractivity contribution in [3.05, 3.63) is 72.3 Å². The largest absolute Gasteiger partial charge is 0.368 e. The fourth-order valence-corrected chi connectivity index (χ4v) is 2.88. The van der Waals surface area contributed by atoms with Gasteiger partial charge < -0.3 is 10.6 Å². The number of pyridine rings is 1. The lowest BCUT2D eigenvalue weighted by atomic mass is 10.1. The first-order valence-corrected chi connectivity index (χ1v) is 8.40. The molecule has 3 aromatic heterocycles. The summed E-state index contributed by atoms with van der Waals surface area (Å²) in [4.78, 5) is 22.5. The third-order valence-corrected chi connectivity index (χ3v) is 4.44. The Labute approximate surface area is 160 Å². The molecule has 8 nitrogen and oxygen atoms in total. The Hall–Kier alpha value is -4.25. The number of nitrogens with two attached hydrogens (primary N) is 1. The zero-order valence-corrected chi connectivity index (χ0v) is 14.9. The first-order valence-electron chi connectivity index (χ1n) is 8.40. The van der Waals surface area contributed by atoms with Crippen LogP contribution in [0.1, 0.15) is 15.9 Å². The molecule has 1 aromatic carbocycles. The van der Waals surface area contributed by atoms with E-state index >= 15 is 0 Å². The van der Waals surface area contributed by atoms with Crippen molar-refractivity contribution in [3.8, 4) is 17.2 Å². The van der Waals surface area contributed by atoms with Crippen molar-refractivity contribution in [2.75, 3.05) is 17.7 Å². The zero-order chi connectivity index (χ0) is 19.7. The van der Waals surface area contributed by atoms with E-state index in [1.54, 1.807) is 72.7 Å². The van der Waals surface area contributed by atoms with Gasteiger partial charge in [0.15, 0.2) is 0 Å². The molecular weight excluding hydrogens is 354 g/mol. The van der Waals surface area contributed by atoms with Crippen molar-refractivity contribution < 1.29 is 4.79 Å². The van der Waals surface area contributed by atoms with E-state index in [-0.39, 0.29) is 11.9 Å². The molecule has 0 saturated heterocycles. The second-order valence-corrected chi connectivity index (χ2v) is 6.16. The number of fused-ring (bicyclic) bond motifs is 1. The lowest BCUT2D eigenvalue weighted by Gasteiger charge is -2.17. The highest BCUT2D eigenvalue weighted by molar-refractivity contribution is 6.06. The smallest absolute Gasteiger partial charge is 0.258 e. The molecule has 4 rings (SSSR count). The Bertz CT molecular complexity index is 1200. The van der Waals surface area contributed by atoms with E-state index in [4.69, 9.17) is 11.0 Å². The van der Waals surface area contributed by atoms with Gasteiger partial charge in [0, 0.05) is 48.0 Å². The van der Waals surface area contributed by atoms with Gasteiger partial charge in [-0.2, -0.15) is 10.4 Å². The maximum Gasteiger partial charge on any atom is 0.258 e. The molecule has 0 saturated carbocycles. The van der Waals surface area contributed by atoms with Crippen molar-refractivity contribution in [1.82, 2.24) is 19.6 Å². The molecule has 0 aliphatic carbocycles. The minimum Gasteiger partial charge on any atom is -0.368 e. The third kappa shape index (κ3) is 3.01. The monoisotopic (exact) mass is 369 g/mol. The van der Waals surface area contributed by atoms with Gasteiger partial charge in [0.05, 0.1) is 23.3 Å². The number of carbonyl (C=O) groups excluding carboxylic acids is 1. The molecule has 136 valence electrons. The molecular formula is C20H15N7O. The summed E-state index contributed by atoms with van der Waals surface area (Å²) in [6.45, 7) is 0. The van der Waals surface area contributed by atoms with Crippen LogP contribution in [0, 0.1) is 11.3 Å². The molecule has 3 heterocycles. The summed E-state index contributed by atoms with van der Waals surface area (Å²) in [5.41, 5.74) is 9.62. The lowest BCUT2D eigenvalue weighted by molar-refractivity contribution is 0.0993. The van der Waals surface area contributed by atoms with Crippen LogP contribution in [0.15, 0.2) is 61.2 Å². The highest BCUT2D eigenvalue weighted by Crippen LogP contribution is 2.25. The average molecular weight is 369 g/mol. The highest BCUT2D eigenvalue weighted by atomic mass is 16.2. The Morgan fingerprint density at radius 1 is 1.14 bits per heavy atom. The molecule has 0 atom stereocenters. The van der Waals surface area contributed by atoms with Gasteiger partial charge in [0.25, 0.3) is 5.91 Å². The maximum absolute atomic E-state index is 12.9. The van der Waals surface area contributed by atoms with Gasteiger partial charge in [-0.1, -0.05) is 0 Å². The van der Waals surface area contributed by atoms with Crippen LogP contribution in [-0.4, -0.2) is 32.5 Å². The second kappa shape index (κ2) is 6.81. The lowest BCUT2D eigenvalue weighted by Crippen LogP contribution is -2.26. The van der Waals surface area contributed by atoms with Crippen molar-refractivity contribution in [1.29, 1.82) is 5.26 Å². The van der Waals surface area contributed by atoms with Crippen LogP contribution >= 0.6 is 0 Å². The van der Waals surface area contributed by atoms with Crippen LogP contribution in [0.2, 0.25) is 0 Å². The molecule has 0 fully saturated rings. The van der Waals surface area contributed by atoms with E-state index in [0.29, 0.717) is 16.8 Å². The molecule has 8 heteroatoms. The Balaban J connectivity index is 1.70. The van der Waals surface area contributed by atoms with Crippen LogP contribution in [0.4, 0.5) is 11.6 Å². The molecule has 0 radical (unpaired) electrons. The molecule has 0 aliphatic heterocycles. The number of aromatic nitrogens is 4. The highest BCUT2D eigenvalue weighted by Gasteiger charge is 2.16. The molecule has 0 aliphatic rings. The van der Waals surface area contributed by atoms with Crippen molar-refractivity contribution in [2.45, 2.75) is 0 Å². The number of amides is 1. The second-order valence-electron chi connectivity index (χ2n) is 6.16. The van der Waals surface area contributed by atoms with Crippen LogP contribution in [0.3, 0.4) is 0 Å². The summed E-state index contributed by atoms with van der Waals surface area (Å²) in [6.07, 6.45) is 6.67. The van der Waals surface area contributed by atoms with Gasteiger partial charge in [-0.15, -0.1) is 0 Å². The van der Waals surface area contributed by atoms with Gasteiger partial charge in [-0.3, -0.25) is 4.79 Å². The fraction of sp³-hybridized carbons (Fsp3) is 0.0500. The standard InChI is InChI=1S/C20H15N7O/c1-26(16-4-2-13(9-21)3-5-16)19(28)14-6-7-27-18(8-14)17(12-25-27)15-10-23-20(22)24-11-15/h2-8,10-12H,1H3,(H2,22,23,24). The molecule has 0 spiro atoms. The molecule has 2 N–H and O–H groups in total. The zero-order valence-electron chi connectivity index (χ0n) is 14.9. The SMILES string of the molecule is CN(C(=O)c1ccn2ncc(-c3cnc(N)nc3)c2c1)c1ccc(C#N)cc1. The summed E-state index contributed by atoms with van der Waals surface area (Å²) in [5.74, 6) is 0.0213. The summed E-state index contributed by atoms with van der Waals surface area (Å²) in [7, 11) is 1.69. The number of hydrogen-bond acceptors (Lipinski definition) is 6. The number of nitrogen functional groups attached to an aromatic ring is 1.